The van der Waals surface area contributed by atoms with Crippen LogP contribution in [0.1, 0.15) is 30.9 Å². The summed E-state index contributed by atoms with van der Waals surface area (Å²) in [5.41, 5.74) is 8.40. The number of rotatable bonds is 2. The third-order valence-corrected chi connectivity index (χ3v) is 5.02. The van der Waals surface area contributed by atoms with E-state index >= 15 is 0 Å². The molecule has 0 spiro atoms. The normalized spacial score (nSPS) is 22.7. The molecule has 3 rings (SSSR count). The van der Waals surface area contributed by atoms with Gasteiger partial charge in [-0.15, -0.1) is 0 Å². The quantitative estimate of drug-likeness (QED) is 0.912. The summed E-state index contributed by atoms with van der Waals surface area (Å²) in [6.45, 7) is 0. The number of nitrogens with zero attached hydrogens (tertiary/aromatic N) is 3. The van der Waals surface area contributed by atoms with E-state index in [0.29, 0.717) is 22.8 Å². The molecule has 2 N–H and O–H groups in total. The molecule has 1 aliphatic carbocycles. The Kier molecular flexibility index (Phi) is 3.11. The lowest BCUT2D eigenvalue weighted by atomic mass is 10.2. The van der Waals surface area contributed by atoms with E-state index in [0.717, 1.165) is 23.9 Å². The molecular weight excluding hydrogens is 256 g/mol. The van der Waals surface area contributed by atoms with Crippen LogP contribution in [0.3, 0.4) is 0 Å². The SMILES string of the molecule is CSC1CCC(n2c(N)nc3c(C#N)cccc32)C1. The molecule has 2 aromatic rings. The zero-order valence-electron chi connectivity index (χ0n) is 10.8. The average molecular weight is 272 g/mol. The highest BCUT2D eigenvalue weighted by molar-refractivity contribution is 7.99. The van der Waals surface area contributed by atoms with Crippen molar-refractivity contribution in [1.82, 2.24) is 9.55 Å². The van der Waals surface area contributed by atoms with Gasteiger partial charge in [-0.1, -0.05) is 6.07 Å². The van der Waals surface area contributed by atoms with Crippen LogP contribution in [0.4, 0.5) is 5.95 Å². The second kappa shape index (κ2) is 4.78. The van der Waals surface area contributed by atoms with Crippen molar-refractivity contribution < 1.29 is 0 Å². The van der Waals surface area contributed by atoms with Gasteiger partial charge in [0.05, 0.1) is 11.1 Å². The van der Waals surface area contributed by atoms with Crippen LogP contribution in [0.2, 0.25) is 0 Å². The number of anilines is 1. The molecule has 5 heteroatoms. The van der Waals surface area contributed by atoms with Gasteiger partial charge in [-0.3, -0.25) is 0 Å². The Morgan fingerprint density at radius 2 is 2.32 bits per heavy atom. The highest BCUT2D eigenvalue weighted by Crippen LogP contribution is 2.39. The first-order valence-electron chi connectivity index (χ1n) is 6.44. The van der Waals surface area contributed by atoms with Gasteiger partial charge in [-0.2, -0.15) is 17.0 Å². The summed E-state index contributed by atoms with van der Waals surface area (Å²) in [5, 5.41) is 9.85. The number of nitrogens with two attached hydrogens (primary N) is 1. The number of nitriles is 1. The topological polar surface area (TPSA) is 67.6 Å². The molecule has 1 saturated carbocycles. The molecule has 0 aliphatic heterocycles. The Bertz CT molecular complexity index is 655. The maximum Gasteiger partial charge on any atom is 0.201 e. The van der Waals surface area contributed by atoms with Crippen LogP contribution in [0.15, 0.2) is 18.2 Å². The molecule has 4 nitrogen and oxygen atoms in total. The van der Waals surface area contributed by atoms with Crippen molar-refractivity contribution >= 4 is 28.7 Å². The molecule has 2 atom stereocenters. The lowest BCUT2D eigenvalue weighted by molar-refractivity contribution is 0.540. The van der Waals surface area contributed by atoms with Crippen LogP contribution >= 0.6 is 11.8 Å². The van der Waals surface area contributed by atoms with E-state index in [1.165, 1.54) is 6.42 Å². The van der Waals surface area contributed by atoms with Crippen molar-refractivity contribution in [2.75, 3.05) is 12.0 Å². The second-order valence-electron chi connectivity index (χ2n) is 4.95. The van der Waals surface area contributed by atoms with E-state index in [1.54, 1.807) is 6.07 Å². The van der Waals surface area contributed by atoms with Gasteiger partial charge in [0.15, 0.2) is 0 Å². The van der Waals surface area contributed by atoms with Gasteiger partial charge in [-0.05, 0) is 37.7 Å². The molecule has 0 saturated heterocycles. The third-order valence-electron chi connectivity index (χ3n) is 3.92. The molecule has 2 unspecified atom stereocenters. The summed E-state index contributed by atoms with van der Waals surface area (Å²) in [7, 11) is 0. The van der Waals surface area contributed by atoms with Crippen LogP contribution in [-0.4, -0.2) is 21.1 Å². The van der Waals surface area contributed by atoms with Crippen LogP contribution in [0.25, 0.3) is 11.0 Å². The smallest absolute Gasteiger partial charge is 0.201 e. The Morgan fingerprint density at radius 3 is 3.00 bits per heavy atom. The van der Waals surface area contributed by atoms with Crippen molar-refractivity contribution in [2.45, 2.75) is 30.6 Å². The lowest BCUT2D eigenvalue weighted by Gasteiger charge is -2.15. The van der Waals surface area contributed by atoms with Crippen molar-refractivity contribution in [1.29, 1.82) is 5.26 Å². The number of para-hydroxylation sites is 1. The summed E-state index contributed by atoms with van der Waals surface area (Å²) >= 11 is 1.93. The predicted molar refractivity (Wildman–Crippen MR) is 79.1 cm³/mol. The summed E-state index contributed by atoms with van der Waals surface area (Å²) < 4.78 is 2.12. The number of fused-ring (bicyclic) bond motifs is 1. The van der Waals surface area contributed by atoms with E-state index in [2.05, 4.69) is 21.9 Å². The minimum absolute atomic E-state index is 0.413. The molecule has 1 aromatic carbocycles. The fourth-order valence-corrected chi connectivity index (χ4v) is 3.76. The highest BCUT2D eigenvalue weighted by atomic mass is 32.2. The lowest BCUT2D eigenvalue weighted by Crippen LogP contribution is -2.09. The van der Waals surface area contributed by atoms with Gasteiger partial charge < -0.3 is 10.3 Å². The van der Waals surface area contributed by atoms with Crippen molar-refractivity contribution in [3.63, 3.8) is 0 Å². The number of nitrogen functional groups attached to an aromatic ring is 1. The van der Waals surface area contributed by atoms with Crippen molar-refractivity contribution in [3.8, 4) is 6.07 Å². The first-order valence-corrected chi connectivity index (χ1v) is 7.72. The zero-order chi connectivity index (χ0) is 13.4. The summed E-state index contributed by atoms with van der Waals surface area (Å²) in [4.78, 5) is 4.39. The number of imidazole rings is 1. The van der Waals surface area contributed by atoms with E-state index in [9.17, 15) is 0 Å². The molecule has 0 amide bonds. The third kappa shape index (κ3) is 1.96. The van der Waals surface area contributed by atoms with E-state index in [1.807, 2.05) is 23.9 Å². The van der Waals surface area contributed by atoms with Gasteiger partial charge in [-0.25, -0.2) is 4.98 Å². The predicted octanol–water partition coefficient (Wildman–Crippen LogP) is 2.95. The summed E-state index contributed by atoms with van der Waals surface area (Å²) in [6, 6.07) is 8.30. The molecule has 1 aliphatic rings. The Labute approximate surface area is 116 Å². The number of aromatic nitrogens is 2. The van der Waals surface area contributed by atoms with E-state index in [-0.39, 0.29) is 0 Å². The number of hydrogen-bond donors (Lipinski definition) is 1. The standard InChI is InChI=1S/C14H16N4S/c1-19-11-6-5-10(7-11)18-12-4-2-3-9(8-15)13(12)17-14(18)16/h2-4,10-11H,5-7H2,1H3,(H2,16,17). The van der Waals surface area contributed by atoms with E-state index < -0.39 is 0 Å². The maximum atomic E-state index is 9.14. The summed E-state index contributed by atoms with van der Waals surface area (Å²) in [6.07, 6.45) is 5.66. The highest BCUT2D eigenvalue weighted by Gasteiger charge is 2.28. The molecule has 1 aromatic heterocycles. The molecule has 1 heterocycles. The van der Waals surface area contributed by atoms with E-state index in [4.69, 9.17) is 11.0 Å². The van der Waals surface area contributed by atoms with Crippen LogP contribution in [0.5, 0.6) is 0 Å². The average Bonchev–Trinajstić information content (AvgIpc) is 3.00. The van der Waals surface area contributed by atoms with Gasteiger partial charge in [0, 0.05) is 11.3 Å². The van der Waals surface area contributed by atoms with Crippen LogP contribution < -0.4 is 5.73 Å². The Morgan fingerprint density at radius 1 is 1.47 bits per heavy atom. The van der Waals surface area contributed by atoms with Crippen LogP contribution in [0, 0.1) is 11.3 Å². The fourth-order valence-electron chi connectivity index (χ4n) is 2.98. The fraction of sp³-hybridized carbons (Fsp3) is 0.429. The Balaban J connectivity index is 2.10. The van der Waals surface area contributed by atoms with Gasteiger partial charge in [0.25, 0.3) is 0 Å². The van der Waals surface area contributed by atoms with Gasteiger partial charge >= 0.3 is 0 Å². The van der Waals surface area contributed by atoms with Crippen molar-refractivity contribution in [2.24, 2.45) is 0 Å². The monoisotopic (exact) mass is 272 g/mol. The number of hydrogen-bond acceptors (Lipinski definition) is 4. The second-order valence-corrected chi connectivity index (χ2v) is 6.09. The largest absolute Gasteiger partial charge is 0.369 e. The number of thioether (sulfide) groups is 1. The maximum absolute atomic E-state index is 9.14. The van der Waals surface area contributed by atoms with Gasteiger partial charge in [0.1, 0.15) is 11.6 Å². The van der Waals surface area contributed by atoms with Gasteiger partial charge in [0.2, 0.25) is 5.95 Å². The molecule has 98 valence electrons. The molecule has 1 fully saturated rings. The molecule has 0 bridgehead atoms. The number of benzene rings is 1. The minimum Gasteiger partial charge on any atom is -0.369 e. The molecule has 19 heavy (non-hydrogen) atoms. The Hall–Kier alpha value is -1.67. The van der Waals surface area contributed by atoms with Crippen LogP contribution in [-0.2, 0) is 0 Å². The van der Waals surface area contributed by atoms with Crippen molar-refractivity contribution in [3.05, 3.63) is 23.8 Å². The molecular formula is C14H16N4S. The first-order chi connectivity index (χ1) is 9.24. The zero-order valence-corrected chi connectivity index (χ0v) is 11.7. The molecule has 0 radical (unpaired) electrons. The summed E-state index contributed by atoms with van der Waals surface area (Å²) in [5.74, 6) is 0.532. The minimum atomic E-state index is 0.413. The first kappa shape index (κ1) is 12.4.